The molecule has 70 valence electrons. The van der Waals surface area contributed by atoms with E-state index in [0.29, 0.717) is 12.7 Å². The first kappa shape index (κ1) is 9.51. The highest BCUT2D eigenvalue weighted by molar-refractivity contribution is 5.92. The van der Waals surface area contributed by atoms with Crippen molar-refractivity contribution in [1.29, 1.82) is 0 Å². The van der Waals surface area contributed by atoms with Gasteiger partial charge in [-0.1, -0.05) is 0 Å². The van der Waals surface area contributed by atoms with Crippen LogP contribution in [0.5, 0.6) is 0 Å². The summed E-state index contributed by atoms with van der Waals surface area (Å²) in [5, 5.41) is 0. The molecular weight excluding hydrogens is 172 g/mol. The second-order valence-corrected chi connectivity index (χ2v) is 2.55. The van der Waals surface area contributed by atoms with Crippen molar-refractivity contribution in [3.8, 4) is 0 Å². The fourth-order valence-corrected chi connectivity index (χ4v) is 1.03. The van der Waals surface area contributed by atoms with E-state index in [1.807, 2.05) is 0 Å². The molecule has 0 bridgehead atoms. The van der Waals surface area contributed by atoms with Gasteiger partial charge in [0, 0.05) is 0 Å². The molecule has 0 amide bonds. The SMILES string of the molecule is COC(=O)C1=COC=CCC1C=O. The molecule has 0 N–H and O–H groups in total. The highest BCUT2D eigenvalue weighted by Crippen LogP contribution is 2.18. The minimum Gasteiger partial charge on any atom is -0.472 e. The first-order valence-corrected chi connectivity index (χ1v) is 3.83. The van der Waals surface area contributed by atoms with Gasteiger partial charge in [0.05, 0.1) is 24.9 Å². The van der Waals surface area contributed by atoms with Crippen LogP contribution in [0.3, 0.4) is 0 Å². The first-order valence-electron chi connectivity index (χ1n) is 3.83. The summed E-state index contributed by atoms with van der Waals surface area (Å²) in [5.41, 5.74) is 0.252. The summed E-state index contributed by atoms with van der Waals surface area (Å²) in [6.45, 7) is 0. The van der Waals surface area contributed by atoms with Crippen LogP contribution in [0, 0.1) is 5.92 Å². The fraction of sp³-hybridized carbons (Fsp3) is 0.333. The molecule has 4 heteroatoms. The zero-order valence-corrected chi connectivity index (χ0v) is 7.23. The van der Waals surface area contributed by atoms with Crippen LogP contribution in [-0.2, 0) is 19.1 Å². The molecule has 0 saturated carbocycles. The lowest BCUT2D eigenvalue weighted by atomic mass is 9.99. The Bertz CT molecular complexity index is 265. The Morgan fingerprint density at radius 2 is 2.54 bits per heavy atom. The maximum Gasteiger partial charge on any atom is 0.337 e. The lowest BCUT2D eigenvalue weighted by Crippen LogP contribution is -2.15. The molecule has 0 aromatic rings. The lowest BCUT2D eigenvalue weighted by Gasteiger charge is -2.07. The van der Waals surface area contributed by atoms with Crippen molar-refractivity contribution in [2.24, 2.45) is 5.92 Å². The predicted molar refractivity (Wildman–Crippen MR) is 44.5 cm³/mol. The van der Waals surface area contributed by atoms with Crippen molar-refractivity contribution in [2.75, 3.05) is 7.11 Å². The summed E-state index contributed by atoms with van der Waals surface area (Å²) < 4.78 is 9.36. The first-order chi connectivity index (χ1) is 6.29. The molecule has 0 aromatic carbocycles. The maximum absolute atomic E-state index is 11.1. The summed E-state index contributed by atoms with van der Waals surface area (Å²) in [6.07, 6.45) is 5.54. The van der Waals surface area contributed by atoms with E-state index >= 15 is 0 Å². The molecule has 0 saturated heterocycles. The summed E-state index contributed by atoms with van der Waals surface area (Å²) in [5.74, 6) is -0.994. The van der Waals surface area contributed by atoms with E-state index in [1.54, 1.807) is 6.08 Å². The van der Waals surface area contributed by atoms with Crippen molar-refractivity contribution in [1.82, 2.24) is 0 Å². The molecule has 0 spiro atoms. The number of esters is 1. The normalized spacial score (nSPS) is 21.0. The standard InChI is InChI=1S/C9H10O4/c1-12-9(11)8-6-13-4-2-3-7(8)5-10/h2,4-7H,3H2,1H3. The van der Waals surface area contributed by atoms with Crippen molar-refractivity contribution in [2.45, 2.75) is 6.42 Å². The number of allylic oxidation sites excluding steroid dienone is 1. The van der Waals surface area contributed by atoms with Crippen LogP contribution < -0.4 is 0 Å². The van der Waals surface area contributed by atoms with Gasteiger partial charge in [-0.25, -0.2) is 4.79 Å². The van der Waals surface area contributed by atoms with E-state index in [4.69, 9.17) is 4.74 Å². The van der Waals surface area contributed by atoms with E-state index in [0.717, 1.165) is 0 Å². The molecule has 1 atom stereocenters. The minimum atomic E-state index is -0.527. The molecule has 1 unspecified atom stereocenters. The van der Waals surface area contributed by atoms with Gasteiger partial charge >= 0.3 is 5.97 Å². The quantitative estimate of drug-likeness (QED) is 0.468. The Balaban J connectivity index is 2.84. The van der Waals surface area contributed by atoms with Crippen LogP contribution >= 0.6 is 0 Å². The van der Waals surface area contributed by atoms with Crippen molar-refractivity contribution in [3.63, 3.8) is 0 Å². The van der Waals surface area contributed by atoms with Gasteiger partial charge in [-0.05, 0) is 12.5 Å². The van der Waals surface area contributed by atoms with Crippen molar-refractivity contribution in [3.05, 3.63) is 24.2 Å². The van der Waals surface area contributed by atoms with Crippen LogP contribution in [0.25, 0.3) is 0 Å². The second-order valence-electron chi connectivity index (χ2n) is 2.55. The van der Waals surface area contributed by atoms with Gasteiger partial charge in [0.15, 0.2) is 0 Å². The van der Waals surface area contributed by atoms with Gasteiger partial charge < -0.3 is 14.3 Å². The Morgan fingerprint density at radius 1 is 1.77 bits per heavy atom. The molecule has 1 aliphatic heterocycles. The van der Waals surface area contributed by atoms with Crippen molar-refractivity contribution < 1.29 is 19.1 Å². The molecule has 0 fully saturated rings. The highest BCUT2D eigenvalue weighted by atomic mass is 16.5. The third-order valence-electron chi connectivity index (χ3n) is 1.74. The lowest BCUT2D eigenvalue weighted by molar-refractivity contribution is -0.137. The molecule has 13 heavy (non-hydrogen) atoms. The van der Waals surface area contributed by atoms with Crippen LogP contribution in [0.1, 0.15) is 6.42 Å². The molecule has 0 radical (unpaired) electrons. The smallest absolute Gasteiger partial charge is 0.337 e. The number of hydrogen-bond acceptors (Lipinski definition) is 4. The topological polar surface area (TPSA) is 52.6 Å². The minimum absolute atomic E-state index is 0.252. The summed E-state index contributed by atoms with van der Waals surface area (Å²) in [6, 6.07) is 0. The Kier molecular flexibility index (Phi) is 3.25. The van der Waals surface area contributed by atoms with Crippen LogP contribution in [0.2, 0.25) is 0 Å². The Labute approximate surface area is 75.8 Å². The zero-order chi connectivity index (χ0) is 9.68. The van der Waals surface area contributed by atoms with Crippen LogP contribution in [0.4, 0.5) is 0 Å². The van der Waals surface area contributed by atoms with E-state index in [-0.39, 0.29) is 5.57 Å². The summed E-state index contributed by atoms with van der Waals surface area (Å²) >= 11 is 0. The Morgan fingerprint density at radius 3 is 3.15 bits per heavy atom. The molecule has 1 rings (SSSR count). The predicted octanol–water partition coefficient (Wildman–Crippen LogP) is 0.792. The van der Waals surface area contributed by atoms with Gasteiger partial charge in [-0.3, -0.25) is 0 Å². The molecule has 4 nitrogen and oxygen atoms in total. The molecular formula is C9H10O4. The Hall–Kier alpha value is -1.58. The van der Waals surface area contributed by atoms with E-state index in [2.05, 4.69) is 4.74 Å². The largest absolute Gasteiger partial charge is 0.472 e. The third kappa shape index (κ3) is 2.18. The molecule has 1 aliphatic rings. The number of rotatable bonds is 2. The van der Waals surface area contributed by atoms with E-state index in [9.17, 15) is 9.59 Å². The van der Waals surface area contributed by atoms with Gasteiger partial charge in [0.2, 0.25) is 0 Å². The van der Waals surface area contributed by atoms with Gasteiger partial charge in [-0.2, -0.15) is 0 Å². The number of carbonyl (C=O) groups excluding carboxylic acids is 2. The van der Waals surface area contributed by atoms with E-state index < -0.39 is 11.9 Å². The highest BCUT2D eigenvalue weighted by Gasteiger charge is 2.22. The average molecular weight is 182 g/mol. The van der Waals surface area contributed by atoms with Gasteiger partial charge in [-0.15, -0.1) is 0 Å². The van der Waals surface area contributed by atoms with Crippen LogP contribution in [0.15, 0.2) is 24.2 Å². The zero-order valence-electron chi connectivity index (χ0n) is 7.23. The molecule has 0 aliphatic carbocycles. The second kappa shape index (κ2) is 4.45. The number of carbonyl (C=O) groups is 2. The summed E-state index contributed by atoms with van der Waals surface area (Å²) in [7, 11) is 1.27. The monoisotopic (exact) mass is 182 g/mol. The van der Waals surface area contributed by atoms with E-state index in [1.165, 1.54) is 19.6 Å². The number of aldehydes is 1. The number of ether oxygens (including phenoxy) is 2. The molecule has 0 aromatic heterocycles. The van der Waals surface area contributed by atoms with Gasteiger partial charge in [0.25, 0.3) is 0 Å². The third-order valence-corrected chi connectivity index (χ3v) is 1.74. The average Bonchev–Trinajstić information content (AvgIpc) is 2.41. The number of hydrogen-bond donors (Lipinski definition) is 0. The molecule has 1 heterocycles. The van der Waals surface area contributed by atoms with Gasteiger partial charge in [0.1, 0.15) is 12.5 Å². The maximum atomic E-state index is 11.1. The fourth-order valence-electron chi connectivity index (χ4n) is 1.03. The van der Waals surface area contributed by atoms with Crippen LogP contribution in [-0.4, -0.2) is 19.4 Å². The number of methoxy groups -OCH3 is 1. The summed E-state index contributed by atoms with van der Waals surface area (Å²) in [4.78, 5) is 21.7. The van der Waals surface area contributed by atoms with Crippen molar-refractivity contribution >= 4 is 12.3 Å².